The number of sulfonamides is 1. The van der Waals surface area contributed by atoms with Crippen molar-refractivity contribution in [2.75, 3.05) is 45.2 Å². The second-order valence-electron chi connectivity index (χ2n) is 6.39. The summed E-state index contributed by atoms with van der Waals surface area (Å²) in [5, 5.41) is 0. The van der Waals surface area contributed by atoms with Crippen molar-refractivity contribution in [1.82, 2.24) is 14.2 Å². The van der Waals surface area contributed by atoms with Crippen molar-refractivity contribution in [3.05, 3.63) is 54.2 Å². The highest BCUT2D eigenvalue weighted by Gasteiger charge is 2.20. The first kappa shape index (κ1) is 17.8. The Balaban J connectivity index is 1.63. The standard InChI is InChI=1S/C18H24N4O2S/c1-20(2)25(23,24)17-7-5-6-16(14-17)15-21-10-12-22(13-11-21)18-8-3-4-9-19-18/h3-9,14H,10-13,15H2,1-2H3. The topological polar surface area (TPSA) is 56.8 Å². The molecule has 2 aromatic rings. The molecule has 0 saturated carbocycles. The minimum atomic E-state index is -3.39. The Morgan fingerprint density at radius 1 is 1.04 bits per heavy atom. The molecular weight excluding hydrogens is 336 g/mol. The molecule has 7 heteroatoms. The fourth-order valence-electron chi connectivity index (χ4n) is 2.95. The molecule has 1 aromatic heterocycles. The number of rotatable bonds is 5. The quantitative estimate of drug-likeness (QED) is 0.812. The highest BCUT2D eigenvalue weighted by Crippen LogP contribution is 2.18. The van der Waals surface area contributed by atoms with Gasteiger partial charge in [-0.25, -0.2) is 17.7 Å². The van der Waals surface area contributed by atoms with E-state index in [0.717, 1.165) is 44.1 Å². The molecule has 1 saturated heterocycles. The molecule has 1 aromatic carbocycles. The second-order valence-corrected chi connectivity index (χ2v) is 8.54. The summed E-state index contributed by atoms with van der Waals surface area (Å²) < 4.78 is 25.8. The lowest BCUT2D eigenvalue weighted by Crippen LogP contribution is -2.46. The van der Waals surface area contributed by atoms with Crippen LogP contribution in [0.3, 0.4) is 0 Å². The molecule has 0 radical (unpaired) electrons. The van der Waals surface area contributed by atoms with Crippen molar-refractivity contribution in [3.63, 3.8) is 0 Å². The van der Waals surface area contributed by atoms with E-state index >= 15 is 0 Å². The van der Waals surface area contributed by atoms with E-state index in [4.69, 9.17) is 0 Å². The molecule has 0 unspecified atom stereocenters. The van der Waals surface area contributed by atoms with E-state index in [0.29, 0.717) is 4.90 Å². The first-order valence-corrected chi connectivity index (χ1v) is 9.80. The highest BCUT2D eigenvalue weighted by molar-refractivity contribution is 7.89. The van der Waals surface area contributed by atoms with E-state index in [2.05, 4.69) is 14.8 Å². The maximum atomic E-state index is 12.3. The molecule has 0 N–H and O–H groups in total. The monoisotopic (exact) mass is 360 g/mol. The zero-order chi connectivity index (χ0) is 17.9. The number of anilines is 1. The molecule has 0 aliphatic carbocycles. The SMILES string of the molecule is CN(C)S(=O)(=O)c1cccc(CN2CCN(c3ccccn3)CC2)c1. The molecule has 6 nitrogen and oxygen atoms in total. The van der Waals surface area contributed by atoms with Crippen molar-refractivity contribution < 1.29 is 8.42 Å². The summed E-state index contributed by atoms with van der Waals surface area (Å²) in [6.07, 6.45) is 1.82. The zero-order valence-electron chi connectivity index (χ0n) is 14.7. The zero-order valence-corrected chi connectivity index (χ0v) is 15.5. The van der Waals surface area contributed by atoms with Crippen molar-refractivity contribution >= 4 is 15.8 Å². The van der Waals surface area contributed by atoms with Crippen LogP contribution < -0.4 is 4.90 Å². The van der Waals surface area contributed by atoms with Gasteiger partial charge in [-0.2, -0.15) is 0 Å². The summed E-state index contributed by atoms with van der Waals surface area (Å²) in [6.45, 7) is 4.47. The van der Waals surface area contributed by atoms with Crippen molar-refractivity contribution in [1.29, 1.82) is 0 Å². The van der Waals surface area contributed by atoms with Gasteiger partial charge >= 0.3 is 0 Å². The molecule has 0 spiro atoms. The first-order chi connectivity index (χ1) is 12.0. The minimum absolute atomic E-state index is 0.349. The average molecular weight is 360 g/mol. The van der Waals surface area contributed by atoms with E-state index in [1.165, 1.54) is 4.31 Å². The smallest absolute Gasteiger partial charge is 0.242 e. The van der Waals surface area contributed by atoms with Gasteiger partial charge in [0.2, 0.25) is 10.0 Å². The summed E-state index contributed by atoms with van der Waals surface area (Å²) in [7, 11) is -0.278. The van der Waals surface area contributed by atoms with Gasteiger partial charge in [0, 0.05) is 53.0 Å². The summed E-state index contributed by atoms with van der Waals surface area (Å²) in [5.41, 5.74) is 1.02. The number of aromatic nitrogens is 1. The second kappa shape index (κ2) is 7.51. The predicted octanol–water partition coefficient (Wildman–Crippen LogP) is 1.65. The number of pyridine rings is 1. The fraction of sp³-hybridized carbons (Fsp3) is 0.389. The molecule has 134 valence electrons. The molecule has 0 bridgehead atoms. The molecule has 1 aliphatic heterocycles. The van der Waals surface area contributed by atoms with Crippen molar-refractivity contribution in [2.24, 2.45) is 0 Å². The van der Waals surface area contributed by atoms with E-state index in [1.54, 1.807) is 26.2 Å². The number of piperazine rings is 1. The van der Waals surface area contributed by atoms with Crippen LogP contribution in [0.4, 0.5) is 5.82 Å². The summed E-state index contributed by atoms with van der Waals surface area (Å²) in [5.74, 6) is 1.02. The normalized spacial score (nSPS) is 16.4. The van der Waals surface area contributed by atoms with E-state index in [1.807, 2.05) is 36.5 Å². The van der Waals surface area contributed by atoms with E-state index in [9.17, 15) is 8.42 Å². The third kappa shape index (κ3) is 4.18. The molecule has 1 fully saturated rings. The maximum Gasteiger partial charge on any atom is 0.242 e. The van der Waals surface area contributed by atoms with Gasteiger partial charge in [0.05, 0.1) is 4.90 Å². The van der Waals surface area contributed by atoms with Gasteiger partial charge in [-0.05, 0) is 29.8 Å². The lowest BCUT2D eigenvalue weighted by molar-refractivity contribution is 0.249. The molecule has 0 atom stereocenters. The number of hydrogen-bond donors (Lipinski definition) is 0. The summed E-state index contributed by atoms with van der Waals surface area (Å²) >= 11 is 0. The fourth-order valence-corrected chi connectivity index (χ4v) is 3.92. The van der Waals surface area contributed by atoms with E-state index < -0.39 is 10.0 Å². The Morgan fingerprint density at radius 3 is 2.44 bits per heavy atom. The van der Waals surface area contributed by atoms with Crippen LogP contribution in [0.15, 0.2) is 53.6 Å². The Hall–Kier alpha value is -1.96. The Kier molecular flexibility index (Phi) is 5.36. The molecule has 3 rings (SSSR count). The van der Waals surface area contributed by atoms with Crippen LogP contribution in [0.1, 0.15) is 5.56 Å². The summed E-state index contributed by atoms with van der Waals surface area (Å²) in [6, 6.07) is 13.2. The van der Waals surface area contributed by atoms with Gasteiger partial charge in [-0.1, -0.05) is 18.2 Å². The average Bonchev–Trinajstić information content (AvgIpc) is 2.63. The van der Waals surface area contributed by atoms with Gasteiger partial charge in [-0.15, -0.1) is 0 Å². The molecule has 0 amide bonds. The van der Waals surface area contributed by atoms with Gasteiger partial charge < -0.3 is 4.90 Å². The minimum Gasteiger partial charge on any atom is -0.354 e. The lowest BCUT2D eigenvalue weighted by atomic mass is 10.2. The molecule has 2 heterocycles. The van der Waals surface area contributed by atoms with E-state index in [-0.39, 0.29) is 0 Å². The predicted molar refractivity (Wildman–Crippen MR) is 99.0 cm³/mol. The molecular formula is C18H24N4O2S. The van der Waals surface area contributed by atoms with Crippen molar-refractivity contribution in [2.45, 2.75) is 11.4 Å². The highest BCUT2D eigenvalue weighted by atomic mass is 32.2. The van der Waals surface area contributed by atoms with Crippen LogP contribution in [0, 0.1) is 0 Å². The Labute approximate surface area is 149 Å². The van der Waals surface area contributed by atoms with Crippen LogP contribution in [-0.2, 0) is 16.6 Å². The van der Waals surface area contributed by atoms with Crippen LogP contribution in [0.2, 0.25) is 0 Å². The van der Waals surface area contributed by atoms with Gasteiger partial charge in [0.1, 0.15) is 5.82 Å². The Morgan fingerprint density at radius 2 is 1.80 bits per heavy atom. The third-order valence-electron chi connectivity index (χ3n) is 4.43. The maximum absolute atomic E-state index is 12.3. The van der Waals surface area contributed by atoms with Crippen LogP contribution in [0.25, 0.3) is 0 Å². The number of benzene rings is 1. The number of hydrogen-bond acceptors (Lipinski definition) is 5. The Bertz CT molecular complexity index is 801. The van der Waals surface area contributed by atoms with Crippen molar-refractivity contribution in [3.8, 4) is 0 Å². The summed E-state index contributed by atoms with van der Waals surface area (Å²) in [4.78, 5) is 9.38. The molecule has 25 heavy (non-hydrogen) atoms. The van der Waals surface area contributed by atoms with Crippen LogP contribution in [0.5, 0.6) is 0 Å². The van der Waals surface area contributed by atoms with Crippen LogP contribution >= 0.6 is 0 Å². The van der Waals surface area contributed by atoms with Crippen LogP contribution in [-0.4, -0.2) is 62.9 Å². The number of nitrogens with zero attached hydrogens (tertiary/aromatic N) is 4. The third-order valence-corrected chi connectivity index (χ3v) is 6.24. The van der Waals surface area contributed by atoms with Gasteiger partial charge in [-0.3, -0.25) is 4.90 Å². The molecule has 1 aliphatic rings. The van der Waals surface area contributed by atoms with Gasteiger partial charge in [0.25, 0.3) is 0 Å². The largest absolute Gasteiger partial charge is 0.354 e. The first-order valence-electron chi connectivity index (χ1n) is 8.36. The van der Waals surface area contributed by atoms with Gasteiger partial charge in [0.15, 0.2) is 0 Å². The lowest BCUT2D eigenvalue weighted by Gasteiger charge is -2.35.